The molecule has 4 aliphatic rings. The maximum absolute atomic E-state index is 14.1. The fourth-order valence-electron chi connectivity index (χ4n) is 15.2. The van der Waals surface area contributed by atoms with Crippen LogP contribution in [-0.2, 0) is 0 Å². The van der Waals surface area contributed by atoms with E-state index in [0.717, 1.165) is 119 Å². The summed E-state index contributed by atoms with van der Waals surface area (Å²) in [5.41, 5.74) is 34.2. The predicted molar refractivity (Wildman–Crippen MR) is 429 cm³/mol. The molecule has 1 atom stereocenters. The zero-order chi connectivity index (χ0) is 70.4. The van der Waals surface area contributed by atoms with Gasteiger partial charge in [-0.05, 0) is 261 Å². The van der Waals surface area contributed by atoms with E-state index in [0.29, 0.717) is 17.3 Å². The van der Waals surface area contributed by atoms with Crippen LogP contribution >= 0.6 is 0 Å². The Hall–Kier alpha value is -10.5. The molecule has 0 saturated carbocycles. The second-order valence-corrected chi connectivity index (χ2v) is 28.8. The van der Waals surface area contributed by atoms with Crippen LogP contribution in [0.4, 0.5) is 5.69 Å². The van der Waals surface area contributed by atoms with E-state index in [1.807, 2.05) is 48.5 Å². The van der Waals surface area contributed by atoms with E-state index < -0.39 is 0 Å². The van der Waals surface area contributed by atoms with Crippen molar-refractivity contribution in [2.45, 2.75) is 128 Å². The molecule has 6 heterocycles. The number of likely N-dealkylation sites (tertiary alicyclic amines) is 1. The minimum Gasteiger partial charge on any atom is -0.354 e. The molecule has 7 heteroatoms. The van der Waals surface area contributed by atoms with Crippen molar-refractivity contribution in [1.29, 1.82) is 0 Å². The third kappa shape index (κ3) is 15.8. The van der Waals surface area contributed by atoms with Gasteiger partial charge in [-0.25, -0.2) is 9.97 Å². The van der Waals surface area contributed by atoms with Crippen LogP contribution in [0, 0.1) is 47.0 Å². The zero-order valence-corrected chi connectivity index (χ0v) is 61.0. The first-order chi connectivity index (χ1) is 48.1. The average Bonchev–Trinajstić information content (AvgIpc) is 1.60. The lowest BCUT2D eigenvalue weighted by atomic mass is 9.72. The maximum atomic E-state index is 14.1. The summed E-state index contributed by atoms with van der Waals surface area (Å²) in [6.45, 7) is 29.8. The highest BCUT2D eigenvalue weighted by atomic mass is 16.1. The quantitative estimate of drug-likeness (QED) is 0.0793. The third-order valence-corrected chi connectivity index (χ3v) is 20.2. The number of nitrogens with zero attached hydrogens (tertiary/aromatic N) is 3. The number of benzene rings is 5. The number of aryl methyl sites for hydroxylation is 6. The number of fused-ring (bicyclic) bond motifs is 8. The molecule has 100 heavy (non-hydrogen) atoms. The fraction of sp³-hybridized carbons (Fsp3) is 0.237. The number of aromatic amines is 2. The van der Waals surface area contributed by atoms with Gasteiger partial charge >= 0.3 is 0 Å². The molecule has 5 aromatic carbocycles. The number of amides is 1. The van der Waals surface area contributed by atoms with Gasteiger partial charge in [0, 0.05) is 61.6 Å². The molecule has 12 rings (SSSR count). The molecule has 0 spiro atoms. The van der Waals surface area contributed by atoms with E-state index in [9.17, 15) is 4.79 Å². The van der Waals surface area contributed by atoms with Gasteiger partial charge in [0.05, 0.1) is 22.8 Å². The molecule has 1 unspecified atom stereocenters. The summed E-state index contributed by atoms with van der Waals surface area (Å²) < 4.78 is 0. The van der Waals surface area contributed by atoms with Crippen molar-refractivity contribution < 1.29 is 4.79 Å². The van der Waals surface area contributed by atoms with Gasteiger partial charge in [-0.3, -0.25) is 9.69 Å². The number of aromatic nitrogens is 4. The molecule has 8 bridgehead atoms. The van der Waals surface area contributed by atoms with Crippen LogP contribution in [-0.4, -0.2) is 44.3 Å². The smallest absolute Gasteiger partial charge is 0.255 e. The first-order valence-corrected chi connectivity index (χ1v) is 35.6. The van der Waals surface area contributed by atoms with E-state index in [4.69, 9.17) is 9.97 Å². The van der Waals surface area contributed by atoms with Crippen LogP contribution in [0.15, 0.2) is 234 Å². The van der Waals surface area contributed by atoms with Gasteiger partial charge < -0.3 is 15.3 Å². The number of hydrogen-bond acceptors (Lipinski definition) is 4. The monoisotopic (exact) mass is 1310 g/mol. The van der Waals surface area contributed by atoms with E-state index in [-0.39, 0.29) is 11.3 Å². The van der Waals surface area contributed by atoms with Gasteiger partial charge in [-0.1, -0.05) is 211 Å². The summed E-state index contributed by atoms with van der Waals surface area (Å²) in [4.78, 5) is 35.8. The summed E-state index contributed by atoms with van der Waals surface area (Å²) in [5.74, 6) is -0.195. The number of anilines is 1. The highest BCUT2D eigenvalue weighted by Gasteiger charge is 2.28. The van der Waals surface area contributed by atoms with Gasteiger partial charge in [0.2, 0.25) is 0 Å². The Morgan fingerprint density at radius 2 is 0.930 bits per heavy atom. The number of carbonyl (C=O) groups is 1. The van der Waals surface area contributed by atoms with Crippen molar-refractivity contribution in [3.05, 3.63) is 307 Å². The van der Waals surface area contributed by atoms with Crippen LogP contribution in [0.25, 0.3) is 97.0 Å². The number of nitrogens with one attached hydrogen (secondary N) is 3. The van der Waals surface area contributed by atoms with Crippen LogP contribution in [0.3, 0.4) is 0 Å². The molecule has 8 aromatic rings. The van der Waals surface area contributed by atoms with Crippen molar-refractivity contribution in [2.24, 2.45) is 5.41 Å². The summed E-state index contributed by atoms with van der Waals surface area (Å²) in [6, 6.07) is 43.3. The van der Waals surface area contributed by atoms with Crippen molar-refractivity contribution in [1.82, 2.24) is 24.8 Å². The van der Waals surface area contributed by atoms with Crippen molar-refractivity contribution >= 4 is 64.0 Å². The predicted octanol–water partition coefficient (Wildman–Crippen LogP) is 24.7. The van der Waals surface area contributed by atoms with Gasteiger partial charge in [0.25, 0.3) is 5.91 Å². The Morgan fingerprint density at radius 1 is 0.500 bits per heavy atom. The average molecular weight is 1310 g/mol. The second-order valence-electron chi connectivity index (χ2n) is 28.8. The summed E-state index contributed by atoms with van der Waals surface area (Å²) >= 11 is 0. The summed E-state index contributed by atoms with van der Waals surface area (Å²) in [6.07, 6.45) is 44.8. The van der Waals surface area contributed by atoms with E-state index in [1.165, 1.54) is 86.9 Å². The normalized spacial score (nSPS) is 16.4. The summed E-state index contributed by atoms with van der Waals surface area (Å²) in [5, 5.41) is 3.15. The molecule has 504 valence electrons. The Balaban J connectivity index is 0.808. The maximum Gasteiger partial charge on any atom is 0.255 e. The van der Waals surface area contributed by atoms with Gasteiger partial charge in [0.15, 0.2) is 0 Å². The highest BCUT2D eigenvalue weighted by molar-refractivity contribution is 6.05. The number of rotatable bonds is 17. The molecule has 7 nitrogen and oxygen atoms in total. The molecule has 1 aliphatic carbocycles. The Bertz CT molecular complexity index is 4960. The minimum atomic E-state index is -0.195. The number of allylic oxidation sites excluding steroid dienone is 19. The van der Waals surface area contributed by atoms with E-state index >= 15 is 0 Å². The van der Waals surface area contributed by atoms with E-state index in [1.54, 1.807) is 0 Å². The fourth-order valence-corrected chi connectivity index (χ4v) is 15.2. The van der Waals surface area contributed by atoms with Gasteiger partial charge in [-0.15, -0.1) is 0 Å². The van der Waals surface area contributed by atoms with Crippen LogP contribution in [0.1, 0.15) is 164 Å². The molecule has 0 radical (unpaired) electrons. The molecule has 3 aliphatic heterocycles. The van der Waals surface area contributed by atoms with Crippen molar-refractivity contribution in [3.63, 3.8) is 0 Å². The number of H-pyrrole nitrogens is 2. The Labute approximate surface area is 593 Å². The first kappa shape index (κ1) is 69.4. The van der Waals surface area contributed by atoms with Crippen LogP contribution in [0.2, 0.25) is 0 Å². The number of hydrogen-bond donors (Lipinski definition) is 3. The molecular formula is C93H96N6O. The Kier molecular flexibility index (Phi) is 21.1. The number of carbonyl (C=O) groups excluding carboxylic acids is 1. The lowest BCUT2D eigenvalue weighted by Gasteiger charge is -2.32. The topological polar surface area (TPSA) is 89.7 Å². The summed E-state index contributed by atoms with van der Waals surface area (Å²) in [7, 11) is 2.24. The zero-order valence-electron chi connectivity index (χ0n) is 61.0. The van der Waals surface area contributed by atoms with E-state index in [2.05, 4.69) is 299 Å². The van der Waals surface area contributed by atoms with Crippen LogP contribution in [0.5, 0.6) is 0 Å². The molecular weight excluding hydrogens is 1220 g/mol. The standard InChI is InChI=1S/C93H96N6O/c1-59(21-15-16-22-60(2)24-18-26-62(4)30-44-76-65(7)27-19-53-93(76,12)13)23-17-25-61(3)29-31-70-32-42-75(43-33-70)94-92(100)74-40-38-73(39-41-74)89-79-47-51-83(97-79)90(86-66(8)55-63(5)56-67(86)9)81-49-45-77(95-81)88(72-36-34-71(35-37-72)85-28-20-54-99(85)14)78-46-50-82(96-78)91(84-52-48-80(89)98-84)87-68(10)57-64(6)58-69(87)11/h15-18,21-26,29-52,55-58,85,95,98H,19-20,27-28,53-54H2,1-14H3,(H,94,100)/b16-15+,23-17+,24-18+,31-29+,44-30+,59-21+,60-22+,61-25+,62-26+,88-77?,88-78?,89-79?,89-80?,90-81?,90-83?,91-82?,91-84?. The second kappa shape index (κ2) is 30.3. The van der Waals surface area contributed by atoms with Crippen molar-refractivity contribution in [2.75, 3.05) is 18.9 Å². The molecule has 3 N–H and O–H groups in total. The lowest BCUT2D eigenvalue weighted by Crippen LogP contribution is -2.19. The van der Waals surface area contributed by atoms with Crippen molar-refractivity contribution in [3.8, 4) is 44.5 Å². The third-order valence-electron chi connectivity index (χ3n) is 20.2. The molecule has 1 fully saturated rings. The SMILES string of the molecule is CC1=C(/C=C/C(C)=C/C=C/C(C)=C/C=C/C=C(C)/C=C/C=C(C)/C=C/c2ccc(NC(=O)c3ccc(-c4c5nc(c(-c6c(C)cc(C)cc6C)c6ccc([nH]6)c(-c6ccc(C7CCCN7C)cc6)c6nc(c(-c7c(C)cc(C)cc7C)c7ccc4[nH]7)C=C6)C=C5)cc3)cc2)C(C)(C)CCC1. The van der Waals surface area contributed by atoms with Crippen LogP contribution < -0.4 is 5.32 Å². The minimum absolute atomic E-state index is 0.195. The molecule has 1 saturated heterocycles. The first-order valence-electron chi connectivity index (χ1n) is 35.6. The molecule has 3 aromatic heterocycles. The largest absolute Gasteiger partial charge is 0.354 e. The lowest BCUT2D eigenvalue weighted by molar-refractivity contribution is 0.102. The van der Waals surface area contributed by atoms with Gasteiger partial charge in [-0.2, -0.15) is 0 Å². The Morgan fingerprint density at radius 3 is 1.39 bits per heavy atom. The van der Waals surface area contributed by atoms with Gasteiger partial charge in [0.1, 0.15) is 0 Å². The molecule has 1 amide bonds. The highest BCUT2D eigenvalue weighted by Crippen LogP contribution is 2.44.